The largest absolute Gasteiger partial charge is 0.468 e. The molecule has 0 spiro atoms. The molecule has 0 saturated carbocycles. The van der Waals surface area contributed by atoms with Gasteiger partial charge in [-0.1, -0.05) is 36.8 Å². The lowest BCUT2D eigenvalue weighted by Gasteiger charge is -2.38. The maximum atomic E-state index is 11.9. The summed E-state index contributed by atoms with van der Waals surface area (Å²) in [5.41, 5.74) is 0.857. The van der Waals surface area contributed by atoms with Gasteiger partial charge in [0.1, 0.15) is 6.04 Å². The van der Waals surface area contributed by atoms with Crippen LogP contribution in [-0.2, 0) is 19.1 Å². The molecule has 0 aliphatic carbocycles. The zero-order chi connectivity index (χ0) is 14.4. The molecule has 1 aromatic rings. The molecule has 0 radical (unpaired) electrons. The van der Waals surface area contributed by atoms with Crippen LogP contribution in [0.15, 0.2) is 30.3 Å². The Labute approximate surface area is 118 Å². The number of hydrogen-bond donors (Lipinski definition) is 0. The molecule has 2 rings (SSSR count). The van der Waals surface area contributed by atoms with Gasteiger partial charge < -0.3 is 9.47 Å². The summed E-state index contributed by atoms with van der Waals surface area (Å²) in [7, 11) is 1.38. The first kappa shape index (κ1) is 14.5. The topological polar surface area (TPSA) is 55.8 Å². The minimum Gasteiger partial charge on any atom is -0.468 e. The first-order chi connectivity index (χ1) is 9.77. The van der Waals surface area contributed by atoms with Crippen molar-refractivity contribution in [2.45, 2.75) is 31.5 Å². The summed E-state index contributed by atoms with van der Waals surface area (Å²) in [6, 6.07) is 9.07. The van der Waals surface area contributed by atoms with E-state index in [2.05, 4.69) is 0 Å². The number of carbonyl (C=O) groups is 2. The maximum Gasteiger partial charge on any atom is 0.323 e. The fourth-order valence-corrected chi connectivity index (χ4v) is 2.64. The van der Waals surface area contributed by atoms with E-state index in [9.17, 15) is 9.59 Å². The number of ether oxygens (including phenoxy) is 2. The molecular weight excluding hydrogens is 258 g/mol. The molecule has 108 valence electrons. The van der Waals surface area contributed by atoms with Gasteiger partial charge in [0.15, 0.2) is 6.23 Å². The molecule has 0 N–H and O–H groups in total. The molecule has 1 aliphatic heterocycles. The summed E-state index contributed by atoms with van der Waals surface area (Å²) >= 11 is 0. The number of piperidine rings is 1. The van der Waals surface area contributed by atoms with E-state index in [1.807, 2.05) is 35.2 Å². The Morgan fingerprint density at radius 1 is 1.35 bits per heavy atom. The second-order valence-electron chi connectivity index (χ2n) is 4.77. The van der Waals surface area contributed by atoms with Gasteiger partial charge in [-0.2, -0.15) is 0 Å². The molecule has 5 nitrogen and oxygen atoms in total. The zero-order valence-corrected chi connectivity index (χ0v) is 11.5. The van der Waals surface area contributed by atoms with Crippen molar-refractivity contribution in [3.8, 4) is 0 Å². The van der Waals surface area contributed by atoms with Gasteiger partial charge in [-0.15, -0.1) is 0 Å². The van der Waals surface area contributed by atoms with Gasteiger partial charge in [0.05, 0.1) is 7.11 Å². The number of methoxy groups -OCH3 is 1. The second-order valence-corrected chi connectivity index (χ2v) is 4.77. The summed E-state index contributed by atoms with van der Waals surface area (Å²) < 4.78 is 10.1. The summed E-state index contributed by atoms with van der Waals surface area (Å²) in [6.45, 7) is 1.13. The van der Waals surface area contributed by atoms with E-state index in [1.54, 1.807) is 0 Å². The molecular formula is C15H19NO4. The zero-order valence-electron chi connectivity index (χ0n) is 11.5. The van der Waals surface area contributed by atoms with Gasteiger partial charge in [0, 0.05) is 12.1 Å². The second kappa shape index (κ2) is 7.05. The fourth-order valence-electron chi connectivity index (χ4n) is 2.64. The van der Waals surface area contributed by atoms with Crippen LogP contribution in [0, 0.1) is 0 Å². The molecule has 1 fully saturated rings. The number of benzene rings is 1. The Hall–Kier alpha value is -1.88. The average Bonchev–Trinajstić information content (AvgIpc) is 2.53. The van der Waals surface area contributed by atoms with Gasteiger partial charge in [0.2, 0.25) is 0 Å². The third-order valence-electron chi connectivity index (χ3n) is 3.59. The molecule has 1 heterocycles. The normalized spacial score (nSPS) is 20.9. The van der Waals surface area contributed by atoms with Crippen LogP contribution < -0.4 is 0 Å². The van der Waals surface area contributed by atoms with Crippen LogP contribution in [0.4, 0.5) is 0 Å². The highest BCUT2D eigenvalue weighted by atomic mass is 16.5. The van der Waals surface area contributed by atoms with Crippen molar-refractivity contribution in [1.29, 1.82) is 0 Å². The molecule has 1 saturated heterocycles. The Kier molecular flexibility index (Phi) is 5.12. The number of esters is 1. The molecule has 0 amide bonds. The van der Waals surface area contributed by atoms with Crippen LogP contribution >= 0.6 is 0 Å². The van der Waals surface area contributed by atoms with E-state index in [4.69, 9.17) is 9.47 Å². The van der Waals surface area contributed by atoms with Crippen molar-refractivity contribution < 1.29 is 19.1 Å². The summed E-state index contributed by atoms with van der Waals surface area (Å²) in [4.78, 5) is 24.6. The number of hydrogen-bond acceptors (Lipinski definition) is 5. The molecule has 0 bridgehead atoms. The molecule has 2 unspecified atom stereocenters. The Morgan fingerprint density at radius 3 is 2.75 bits per heavy atom. The van der Waals surface area contributed by atoms with Crippen LogP contribution in [0.2, 0.25) is 0 Å². The van der Waals surface area contributed by atoms with Crippen molar-refractivity contribution in [3.05, 3.63) is 35.9 Å². The van der Waals surface area contributed by atoms with E-state index >= 15 is 0 Å². The average molecular weight is 277 g/mol. The van der Waals surface area contributed by atoms with Gasteiger partial charge in [-0.25, -0.2) is 0 Å². The first-order valence-corrected chi connectivity index (χ1v) is 6.75. The summed E-state index contributed by atoms with van der Waals surface area (Å²) in [5.74, 6) is -0.278. The quantitative estimate of drug-likeness (QED) is 0.607. The highest BCUT2D eigenvalue weighted by Gasteiger charge is 2.35. The number of nitrogens with zero attached hydrogens (tertiary/aromatic N) is 1. The lowest BCUT2D eigenvalue weighted by molar-refractivity contribution is -0.164. The van der Waals surface area contributed by atoms with Gasteiger partial charge in [-0.3, -0.25) is 14.5 Å². The van der Waals surface area contributed by atoms with E-state index < -0.39 is 6.23 Å². The lowest BCUT2D eigenvalue weighted by atomic mass is 10.0. The lowest BCUT2D eigenvalue weighted by Crippen LogP contribution is -2.47. The van der Waals surface area contributed by atoms with Crippen molar-refractivity contribution in [2.75, 3.05) is 13.7 Å². The van der Waals surface area contributed by atoms with E-state index in [1.165, 1.54) is 7.11 Å². The number of carbonyl (C=O) groups excluding carboxylic acids is 2. The molecule has 2 atom stereocenters. The van der Waals surface area contributed by atoms with Crippen molar-refractivity contribution >= 4 is 12.4 Å². The van der Waals surface area contributed by atoms with Gasteiger partial charge in [0.25, 0.3) is 6.47 Å². The summed E-state index contributed by atoms with van der Waals surface area (Å²) in [6.07, 6.45) is 2.12. The molecule has 0 aromatic heterocycles. The predicted octanol–water partition coefficient (Wildman–Crippen LogP) is 1.89. The molecule has 1 aliphatic rings. The number of rotatable bonds is 5. The smallest absolute Gasteiger partial charge is 0.323 e. The van der Waals surface area contributed by atoms with Crippen LogP contribution in [-0.4, -0.2) is 37.0 Å². The van der Waals surface area contributed by atoms with Crippen molar-refractivity contribution in [3.63, 3.8) is 0 Å². The van der Waals surface area contributed by atoms with E-state index in [0.29, 0.717) is 13.0 Å². The fraction of sp³-hybridized carbons (Fsp3) is 0.467. The minimum absolute atomic E-state index is 0.278. The summed E-state index contributed by atoms with van der Waals surface area (Å²) in [5, 5.41) is 0. The van der Waals surface area contributed by atoms with Gasteiger partial charge >= 0.3 is 5.97 Å². The predicted molar refractivity (Wildman–Crippen MR) is 72.7 cm³/mol. The monoisotopic (exact) mass is 277 g/mol. The molecule has 1 aromatic carbocycles. The Balaban J connectivity index is 2.26. The van der Waals surface area contributed by atoms with Crippen molar-refractivity contribution in [2.24, 2.45) is 0 Å². The molecule has 5 heteroatoms. The SMILES string of the molecule is COC(=O)C1CCCCN1C(OC=O)c1ccccc1. The third kappa shape index (κ3) is 3.17. The minimum atomic E-state index is -0.543. The standard InChI is InChI=1S/C15H19NO4/c1-19-15(18)13-9-5-6-10-16(13)14(20-11-17)12-7-3-2-4-8-12/h2-4,7-8,11,13-14H,5-6,9-10H2,1H3. The highest BCUT2D eigenvalue weighted by Crippen LogP contribution is 2.29. The van der Waals surface area contributed by atoms with E-state index in [-0.39, 0.29) is 12.0 Å². The van der Waals surface area contributed by atoms with Crippen LogP contribution in [0.1, 0.15) is 31.1 Å². The van der Waals surface area contributed by atoms with Gasteiger partial charge in [-0.05, 0) is 12.8 Å². The highest BCUT2D eigenvalue weighted by molar-refractivity contribution is 5.75. The van der Waals surface area contributed by atoms with Crippen LogP contribution in [0.5, 0.6) is 0 Å². The third-order valence-corrected chi connectivity index (χ3v) is 3.59. The van der Waals surface area contributed by atoms with Crippen LogP contribution in [0.3, 0.4) is 0 Å². The Morgan fingerprint density at radius 2 is 2.10 bits per heavy atom. The molecule has 20 heavy (non-hydrogen) atoms. The first-order valence-electron chi connectivity index (χ1n) is 6.75. The maximum absolute atomic E-state index is 11.9. The Bertz CT molecular complexity index is 448. The van der Waals surface area contributed by atoms with Crippen molar-refractivity contribution in [1.82, 2.24) is 4.90 Å². The van der Waals surface area contributed by atoms with E-state index in [0.717, 1.165) is 24.8 Å². The number of likely N-dealkylation sites (tertiary alicyclic amines) is 1. The van der Waals surface area contributed by atoms with Crippen LogP contribution in [0.25, 0.3) is 0 Å².